The van der Waals surface area contributed by atoms with E-state index in [4.69, 9.17) is 5.73 Å². The molecule has 0 aliphatic rings. The van der Waals surface area contributed by atoms with Crippen LogP contribution in [0.2, 0.25) is 0 Å². The van der Waals surface area contributed by atoms with Crippen molar-refractivity contribution in [2.45, 2.75) is 13.5 Å². The van der Waals surface area contributed by atoms with Gasteiger partial charge in [0.1, 0.15) is 0 Å². The largest absolute Gasteiger partial charge is 0.370 e. The summed E-state index contributed by atoms with van der Waals surface area (Å²) in [5, 5.41) is 3.04. The average molecular weight is 240 g/mol. The van der Waals surface area contributed by atoms with Crippen molar-refractivity contribution in [1.82, 2.24) is 4.98 Å². The van der Waals surface area contributed by atoms with E-state index >= 15 is 0 Å². The molecule has 0 amide bonds. The zero-order valence-electron chi connectivity index (χ0n) is 10.3. The van der Waals surface area contributed by atoms with Crippen molar-refractivity contribution in [2.24, 2.45) is 10.7 Å². The smallest absolute Gasteiger partial charge is 0.193 e. The van der Waals surface area contributed by atoms with Crippen LogP contribution in [0.3, 0.4) is 0 Å². The highest BCUT2D eigenvalue weighted by Crippen LogP contribution is 2.08. The summed E-state index contributed by atoms with van der Waals surface area (Å²) in [6.07, 6.45) is 1.74. The van der Waals surface area contributed by atoms with E-state index in [0.29, 0.717) is 12.5 Å². The Morgan fingerprint density at radius 3 is 2.67 bits per heavy atom. The minimum Gasteiger partial charge on any atom is -0.370 e. The summed E-state index contributed by atoms with van der Waals surface area (Å²) < 4.78 is 0. The van der Waals surface area contributed by atoms with Crippen molar-refractivity contribution in [3.05, 3.63) is 59.9 Å². The lowest BCUT2D eigenvalue weighted by atomic mass is 10.2. The molecule has 3 N–H and O–H groups in total. The Hall–Kier alpha value is -2.36. The van der Waals surface area contributed by atoms with Crippen LogP contribution in [-0.2, 0) is 6.54 Å². The zero-order valence-corrected chi connectivity index (χ0v) is 10.3. The summed E-state index contributed by atoms with van der Waals surface area (Å²) in [5.74, 6) is 0.393. The van der Waals surface area contributed by atoms with Gasteiger partial charge in [-0.05, 0) is 31.2 Å². The first kappa shape index (κ1) is 12.1. The van der Waals surface area contributed by atoms with Gasteiger partial charge >= 0.3 is 0 Å². The third-order valence-electron chi connectivity index (χ3n) is 2.46. The summed E-state index contributed by atoms with van der Waals surface area (Å²) in [4.78, 5) is 8.41. The Labute approximate surface area is 107 Å². The van der Waals surface area contributed by atoms with Gasteiger partial charge in [0, 0.05) is 11.9 Å². The van der Waals surface area contributed by atoms with Crippen LogP contribution < -0.4 is 11.1 Å². The maximum Gasteiger partial charge on any atom is 0.193 e. The standard InChI is InChI=1S/C14H16N4/c1-11-5-7-12(8-6-11)18-14(15)17-10-13-4-2-3-9-16-13/h2-9H,10H2,1H3,(H3,15,17,18). The zero-order chi connectivity index (χ0) is 12.8. The lowest BCUT2D eigenvalue weighted by Crippen LogP contribution is -2.22. The second kappa shape index (κ2) is 5.82. The molecule has 0 atom stereocenters. The number of nitrogens with one attached hydrogen (secondary N) is 1. The van der Waals surface area contributed by atoms with Crippen LogP contribution in [0.25, 0.3) is 0 Å². The highest BCUT2D eigenvalue weighted by Gasteiger charge is 1.95. The van der Waals surface area contributed by atoms with E-state index in [1.807, 2.05) is 49.4 Å². The number of nitrogens with zero attached hydrogens (tertiary/aromatic N) is 2. The number of nitrogens with two attached hydrogens (primary N) is 1. The Balaban J connectivity index is 1.95. The fourth-order valence-electron chi connectivity index (χ4n) is 1.48. The maximum absolute atomic E-state index is 5.80. The molecule has 2 aromatic rings. The Kier molecular flexibility index (Phi) is 3.91. The Bertz CT molecular complexity index is 517. The second-order valence-corrected chi connectivity index (χ2v) is 4.01. The molecule has 0 saturated heterocycles. The van der Waals surface area contributed by atoms with Crippen LogP contribution >= 0.6 is 0 Å². The van der Waals surface area contributed by atoms with Crippen molar-refractivity contribution < 1.29 is 0 Å². The molecular formula is C14H16N4. The number of hydrogen-bond donors (Lipinski definition) is 2. The van der Waals surface area contributed by atoms with E-state index in [9.17, 15) is 0 Å². The van der Waals surface area contributed by atoms with Gasteiger partial charge in [0.05, 0.1) is 12.2 Å². The van der Waals surface area contributed by atoms with Crippen molar-refractivity contribution in [1.29, 1.82) is 0 Å². The van der Waals surface area contributed by atoms with Crippen molar-refractivity contribution in [3.63, 3.8) is 0 Å². The number of aryl methyl sites for hydroxylation is 1. The highest BCUT2D eigenvalue weighted by molar-refractivity contribution is 5.92. The molecule has 0 unspecified atom stereocenters. The van der Waals surface area contributed by atoms with E-state index in [1.165, 1.54) is 5.56 Å². The maximum atomic E-state index is 5.80. The fourth-order valence-corrected chi connectivity index (χ4v) is 1.48. The number of pyridine rings is 1. The quantitative estimate of drug-likeness (QED) is 0.639. The number of rotatable bonds is 3. The topological polar surface area (TPSA) is 63.3 Å². The third kappa shape index (κ3) is 3.59. The van der Waals surface area contributed by atoms with Crippen LogP contribution in [-0.4, -0.2) is 10.9 Å². The molecule has 4 nitrogen and oxygen atoms in total. The van der Waals surface area contributed by atoms with Crippen LogP contribution in [0, 0.1) is 6.92 Å². The molecule has 0 bridgehead atoms. The highest BCUT2D eigenvalue weighted by atomic mass is 15.1. The first-order valence-corrected chi connectivity index (χ1v) is 5.77. The molecule has 0 radical (unpaired) electrons. The summed E-state index contributed by atoms with van der Waals surface area (Å²) in [5.41, 5.74) is 8.84. The van der Waals surface area contributed by atoms with Gasteiger partial charge in [0.2, 0.25) is 0 Å². The van der Waals surface area contributed by atoms with Gasteiger partial charge in [0.15, 0.2) is 5.96 Å². The van der Waals surface area contributed by atoms with Gasteiger partial charge in [-0.2, -0.15) is 0 Å². The van der Waals surface area contributed by atoms with E-state index in [2.05, 4.69) is 15.3 Å². The predicted octanol–water partition coefficient (Wildman–Crippen LogP) is 2.32. The Morgan fingerprint density at radius 2 is 2.00 bits per heavy atom. The van der Waals surface area contributed by atoms with Gasteiger partial charge in [-0.3, -0.25) is 4.98 Å². The summed E-state index contributed by atoms with van der Waals surface area (Å²) in [6.45, 7) is 2.52. The summed E-state index contributed by atoms with van der Waals surface area (Å²) in [7, 11) is 0. The van der Waals surface area contributed by atoms with Gasteiger partial charge in [-0.1, -0.05) is 23.8 Å². The van der Waals surface area contributed by atoms with E-state index in [0.717, 1.165) is 11.4 Å². The average Bonchev–Trinajstić information content (AvgIpc) is 2.40. The predicted molar refractivity (Wildman–Crippen MR) is 74.4 cm³/mol. The third-order valence-corrected chi connectivity index (χ3v) is 2.46. The molecule has 0 saturated carbocycles. The molecule has 1 aromatic carbocycles. The molecule has 1 aromatic heterocycles. The van der Waals surface area contributed by atoms with E-state index < -0.39 is 0 Å². The first-order valence-electron chi connectivity index (χ1n) is 5.77. The molecule has 18 heavy (non-hydrogen) atoms. The normalized spacial score (nSPS) is 11.3. The SMILES string of the molecule is Cc1ccc(NC(N)=NCc2ccccn2)cc1. The molecule has 1 heterocycles. The minimum absolute atomic E-state index is 0.393. The van der Waals surface area contributed by atoms with E-state index in [1.54, 1.807) is 6.20 Å². The number of guanidine groups is 1. The number of aliphatic imine (C=N–C) groups is 1. The number of benzene rings is 1. The summed E-state index contributed by atoms with van der Waals surface area (Å²) in [6, 6.07) is 13.7. The minimum atomic E-state index is 0.393. The van der Waals surface area contributed by atoms with E-state index in [-0.39, 0.29) is 0 Å². The van der Waals surface area contributed by atoms with Gasteiger partial charge in [-0.25, -0.2) is 4.99 Å². The molecule has 0 spiro atoms. The molecule has 4 heteroatoms. The van der Waals surface area contributed by atoms with Crippen molar-refractivity contribution in [2.75, 3.05) is 5.32 Å². The van der Waals surface area contributed by atoms with Gasteiger partial charge in [-0.15, -0.1) is 0 Å². The lowest BCUT2D eigenvalue weighted by Gasteiger charge is -2.05. The van der Waals surface area contributed by atoms with Crippen LogP contribution in [0.15, 0.2) is 53.7 Å². The first-order chi connectivity index (χ1) is 8.74. The molecular weight excluding hydrogens is 224 g/mol. The number of anilines is 1. The van der Waals surface area contributed by atoms with Gasteiger partial charge in [0.25, 0.3) is 0 Å². The molecule has 2 rings (SSSR count). The van der Waals surface area contributed by atoms with Crippen LogP contribution in [0.1, 0.15) is 11.3 Å². The van der Waals surface area contributed by atoms with Crippen molar-refractivity contribution in [3.8, 4) is 0 Å². The molecule has 0 aliphatic carbocycles. The fraction of sp³-hybridized carbons (Fsp3) is 0.143. The Morgan fingerprint density at radius 1 is 1.22 bits per heavy atom. The number of hydrogen-bond acceptors (Lipinski definition) is 2. The summed E-state index contributed by atoms with van der Waals surface area (Å²) >= 11 is 0. The molecule has 0 fully saturated rings. The second-order valence-electron chi connectivity index (χ2n) is 4.01. The van der Waals surface area contributed by atoms with Crippen LogP contribution in [0.4, 0.5) is 5.69 Å². The van der Waals surface area contributed by atoms with Crippen molar-refractivity contribution >= 4 is 11.6 Å². The lowest BCUT2D eigenvalue weighted by molar-refractivity contribution is 0.985. The molecule has 92 valence electrons. The van der Waals surface area contributed by atoms with Crippen LogP contribution in [0.5, 0.6) is 0 Å². The van der Waals surface area contributed by atoms with Gasteiger partial charge < -0.3 is 11.1 Å². The monoisotopic (exact) mass is 240 g/mol. The molecule has 0 aliphatic heterocycles. The number of aromatic nitrogens is 1.